The van der Waals surface area contributed by atoms with Crippen LogP contribution in [0.5, 0.6) is 0 Å². The Bertz CT molecular complexity index is 356. The number of halogens is 3. The summed E-state index contributed by atoms with van der Waals surface area (Å²) in [6, 6.07) is 5.65. The Morgan fingerprint density at radius 3 is 2.25 bits per heavy atom. The quantitative estimate of drug-likeness (QED) is 0.778. The van der Waals surface area contributed by atoms with Gasteiger partial charge in [0.2, 0.25) is 0 Å². The van der Waals surface area contributed by atoms with Crippen LogP contribution in [0.4, 0.5) is 13.2 Å². The maximum Gasteiger partial charge on any atom is 0.416 e. The summed E-state index contributed by atoms with van der Waals surface area (Å²) in [5.41, 5.74) is 0.361. The molecule has 1 aliphatic heterocycles. The van der Waals surface area contributed by atoms with E-state index in [0.29, 0.717) is 5.92 Å². The molecule has 1 aromatic rings. The van der Waals surface area contributed by atoms with Crippen molar-refractivity contribution in [3.8, 4) is 0 Å². The smallest absolute Gasteiger partial charge is 0.310 e. The van der Waals surface area contributed by atoms with Crippen molar-refractivity contribution in [2.75, 3.05) is 6.54 Å². The largest absolute Gasteiger partial charge is 0.416 e. The molecule has 0 radical (unpaired) electrons. The van der Waals surface area contributed by atoms with Gasteiger partial charge in [-0.2, -0.15) is 13.2 Å². The molecule has 1 N–H and O–H groups in total. The molecule has 0 saturated carbocycles. The Labute approximate surface area is 92.7 Å². The van der Waals surface area contributed by atoms with Gasteiger partial charge >= 0.3 is 6.18 Å². The van der Waals surface area contributed by atoms with Gasteiger partial charge in [-0.1, -0.05) is 19.1 Å². The molecular weight excluding hydrogens is 215 g/mol. The lowest BCUT2D eigenvalue weighted by Gasteiger charge is -2.12. The average Bonchev–Trinajstić information content (AvgIpc) is 2.64. The first-order valence-electron chi connectivity index (χ1n) is 5.37. The standard InChI is InChI=1S/C12H14F3N/c1-8-6-11(16-7-8)9-2-4-10(5-3-9)12(13,14)15/h2-5,8,11,16H,6-7H2,1H3/t8-,11+/m1/s1. The van der Waals surface area contributed by atoms with Gasteiger partial charge in [-0.25, -0.2) is 0 Å². The number of rotatable bonds is 1. The van der Waals surface area contributed by atoms with E-state index >= 15 is 0 Å². The number of hydrogen-bond acceptors (Lipinski definition) is 1. The fourth-order valence-electron chi connectivity index (χ4n) is 2.07. The van der Waals surface area contributed by atoms with Crippen molar-refractivity contribution in [3.63, 3.8) is 0 Å². The van der Waals surface area contributed by atoms with Crippen molar-refractivity contribution >= 4 is 0 Å². The van der Waals surface area contributed by atoms with Gasteiger partial charge in [0.15, 0.2) is 0 Å². The van der Waals surface area contributed by atoms with Crippen LogP contribution in [-0.4, -0.2) is 6.54 Å². The third kappa shape index (κ3) is 2.38. The Hall–Kier alpha value is -1.03. The van der Waals surface area contributed by atoms with E-state index < -0.39 is 11.7 Å². The molecule has 1 aliphatic rings. The normalized spacial score (nSPS) is 26.0. The van der Waals surface area contributed by atoms with Crippen LogP contribution in [0.1, 0.15) is 30.5 Å². The molecule has 2 rings (SSSR count). The molecular formula is C12H14F3N. The van der Waals surface area contributed by atoms with E-state index in [9.17, 15) is 13.2 Å². The first kappa shape index (κ1) is 11.5. The Kier molecular flexibility index (Phi) is 2.93. The number of alkyl halides is 3. The summed E-state index contributed by atoms with van der Waals surface area (Å²) in [6.45, 7) is 3.07. The van der Waals surface area contributed by atoms with Crippen molar-refractivity contribution in [2.24, 2.45) is 5.92 Å². The van der Waals surface area contributed by atoms with Crippen molar-refractivity contribution in [1.82, 2.24) is 5.32 Å². The predicted octanol–water partition coefficient (Wildman–Crippen LogP) is 3.38. The molecule has 1 saturated heterocycles. The molecule has 1 aromatic carbocycles. The lowest BCUT2D eigenvalue weighted by Crippen LogP contribution is -2.13. The van der Waals surface area contributed by atoms with Crippen LogP contribution >= 0.6 is 0 Å². The lowest BCUT2D eigenvalue weighted by atomic mass is 10.0. The van der Waals surface area contributed by atoms with Crippen molar-refractivity contribution in [1.29, 1.82) is 0 Å². The molecule has 0 aliphatic carbocycles. The third-order valence-electron chi connectivity index (χ3n) is 2.99. The molecule has 2 atom stereocenters. The first-order valence-corrected chi connectivity index (χ1v) is 5.37. The van der Waals surface area contributed by atoms with Crippen LogP contribution in [0, 0.1) is 5.92 Å². The van der Waals surface area contributed by atoms with Gasteiger partial charge in [0.05, 0.1) is 5.56 Å². The maximum absolute atomic E-state index is 12.3. The Morgan fingerprint density at radius 2 is 1.81 bits per heavy atom. The number of hydrogen-bond donors (Lipinski definition) is 1. The van der Waals surface area contributed by atoms with E-state index in [1.165, 1.54) is 0 Å². The van der Waals surface area contributed by atoms with Gasteiger partial charge in [0.25, 0.3) is 0 Å². The van der Waals surface area contributed by atoms with Gasteiger partial charge in [-0.05, 0) is 36.6 Å². The second-order valence-electron chi connectivity index (χ2n) is 4.42. The second kappa shape index (κ2) is 4.09. The van der Waals surface area contributed by atoms with Crippen molar-refractivity contribution in [2.45, 2.75) is 25.6 Å². The van der Waals surface area contributed by atoms with Gasteiger partial charge in [-0.3, -0.25) is 0 Å². The summed E-state index contributed by atoms with van der Waals surface area (Å²) in [6.07, 6.45) is -3.25. The van der Waals surface area contributed by atoms with E-state index in [2.05, 4.69) is 12.2 Å². The van der Waals surface area contributed by atoms with E-state index in [1.54, 1.807) is 12.1 Å². The molecule has 16 heavy (non-hydrogen) atoms. The van der Waals surface area contributed by atoms with Crippen LogP contribution in [0.15, 0.2) is 24.3 Å². The van der Waals surface area contributed by atoms with E-state index in [0.717, 1.165) is 30.7 Å². The van der Waals surface area contributed by atoms with E-state index in [4.69, 9.17) is 0 Å². The molecule has 0 amide bonds. The highest BCUT2D eigenvalue weighted by atomic mass is 19.4. The van der Waals surface area contributed by atoms with Crippen LogP contribution < -0.4 is 5.32 Å². The summed E-state index contributed by atoms with van der Waals surface area (Å²) in [5, 5.41) is 3.30. The average molecular weight is 229 g/mol. The number of nitrogens with one attached hydrogen (secondary N) is 1. The third-order valence-corrected chi connectivity index (χ3v) is 2.99. The van der Waals surface area contributed by atoms with Gasteiger partial charge in [0, 0.05) is 6.04 Å². The van der Waals surface area contributed by atoms with Gasteiger partial charge in [-0.15, -0.1) is 0 Å². The molecule has 4 heteroatoms. The molecule has 0 aromatic heterocycles. The zero-order valence-corrected chi connectivity index (χ0v) is 9.01. The highest BCUT2D eigenvalue weighted by Gasteiger charge is 2.30. The van der Waals surface area contributed by atoms with Crippen molar-refractivity contribution in [3.05, 3.63) is 35.4 Å². The van der Waals surface area contributed by atoms with E-state index in [1.807, 2.05) is 0 Å². The lowest BCUT2D eigenvalue weighted by molar-refractivity contribution is -0.137. The fraction of sp³-hybridized carbons (Fsp3) is 0.500. The molecule has 1 fully saturated rings. The molecule has 0 bridgehead atoms. The van der Waals surface area contributed by atoms with Gasteiger partial charge in [0.1, 0.15) is 0 Å². The molecule has 0 spiro atoms. The summed E-state index contributed by atoms with van der Waals surface area (Å²) in [5.74, 6) is 0.590. The minimum atomic E-state index is -4.24. The summed E-state index contributed by atoms with van der Waals surface area (Å²) in [7, 11) is 0. The minimum Gasteiger partial charge on any atom is -0.310 e. The summed E-state index contributed by atoms with van der Waals surface area (Å²) in [4.78, 5) is 0. The number of benzene rings is 1. The minimum absolute atomic E-state index is 0.206. The zero-order valence-electron chi connectivity index (χ0n) is 9.01. The maximum atomic E-state index is 12.3. The predicted molar refractivity (Wildman–Crippen MR) is 56.0 cm³/mol. The molecule has 1 heterocycles. The second-order valence-corrected chi connectivity index (χ2v) is 4.42. The highest BCUT2D eigenvalue weighted by molar-refractivity contribution is 5.27. The van der Waals surface area contributed by atoms with Crippen LogP contribution in [0.2, 0.25) is 0 Å². The highest BCUT2D eigenvalue weighted by Crippen LogP contribution is 2.32. The van der Waals surface area contributed by atoms with E-state index in [-0.39, 0.29) is 6.04 Å². The molecule has 1 nitrogen and oxygen atoms in total. The monoisotopic (exact) mass is 229 g/mol. The molecule has 0 unspecified atom stereocenters. The van der Waals surface area contributed by atoms with Gasteiger partial charge < -0.3 is 5.32 Å². The van der Waals surface area contributed by atoms with Crippen molar-refractivity contribution < 1.29 is 13.2 Å². The van der Waals surface area contributed by atoms with Crippen LogP contribution in [0.3, 0.4) is 0 Å². The fourth-order valence-corrected chi connectivity index (χ4v) is 2.07. The Morgan fingerprint density at radius 1 is 1.19 bits per heavy atom. The van der Waals surface area contributed by atoms with Crippen LogP contribution in [0.25, 0.3) is 0 Å². The SMILES string of the molecule is C[C@H]1CN[C@H](c2ccc(C(F)(F)F)cc2)C1. The zero-order chi connectivity index (χ0) is 11.8. The summed E-state index contributed by atoms with van der Waals surface area (Å²) >= 11 is 0. The molecule has 88 valence electrons. The topological polar surface area (TPSA) is 12.0 Å². The first-order chi connectivity index (χ1) is 7.47. The Balaban J connectivity index is 2.14. The summed E-state index contributed by atoms with van der Waals surface area (Å²) < 4.78 is 37.0. The van der Waals surface area contributed by atoms with Crippen LogP contribution in [-0.2, 0) is 6.18 Å².